The summed E-state index contributed by atoms with van der Waals surface area (Å²) in [7, 11) is -3.92. The highest BCUT2D eigenvalue weighted by Crippen LogP contribution is 2.26. The molecule has 0 aliphatic carbocycles. The van der Waals surface area contributed by atoms with Crippen LogP contribution in [0.2, 0.25) is 0 Å². The Morgan fingerprint density at radius 3 is 2.11 bits per heavy atom. The van der Waals surface area contributed by atoms with Crippen LogP contribution in [0, 0.1) is 12.8 Å². The summed E-state index contributed by atoms with van der Waals surface area (Å²) < 4.78 is 28.4. The van der Waals surface area contributed by atoms with E-state index >= 15 is 0 Å². The van der Waals surface area contributed by atoms with Crippen LogP contribution in [0.25, 0.3) is 0 Å². The van der Waals surface area contributed by atoms with Gasteiger partial charge in [0.1, 0.15) is 6.54 Å². The summed E-state index contributed by atoms with van der Waals surface area (Å²) in [6.07, 6.45) is 1.77. The zero-order valence-electron chi connectivity index (χ0n) is 21.1. The van der Waals surface area contributed by atoms with Gasteiger partial charge in [-0.15, -0.1) is 0 Å². The lowest BCUT2D eigenvalue weighted by atomic mass is 9.97. The van der Waals surface area contributed by atoms with E-state index in [1.165, 1.54) is 9.87 Å². The number of rotatable bonds is 11. The molecule has 0 aliphatic heterocycles. The summed E-state index contributed by atoms with van der Waals surface area (Å²) in [5.74, 6) is 0.277. The van der Waals surface area contributed by atoms with Crippen molar-refractivity contribution in [3.05, 3.63) is 95.6 Å². The standard InChI is InChI=1S/C29H36N2O3S/c1-5-24(19-25-9-7-6-8-10-25)20-30-29(32)21-31(27-15-13-26(14-16-27)22(2)3)35(33,34)28-17-11-23(4)12-18-28/h6-18,22,24H,5,19-21H2,1-4H3,(H,30,32). The van der Waals surface area contributed by atoms with E-state index in [2.05, 4.69) is 38.2 Å². The van der Waals surface area contributed by atoms with Crippen LogP contribution in [-0.4, -0.2) is 27.4 Å². The zero-order valence-corrected chi connectivity index (χ0v) is 21.9. The van der Waals surface area contributed by atoms with Gasteiger partial charge in [-0.2, -0.15) is 0 Å². The molecule has 0 fully saturated rings. The van der Waals surface area contributed by atoms with Crippen molar-refractivity contribution in [1.29, 1.82) is 0 Å². The number of nitrogens with one attached hydrogen (secondary N) is 1. The second-order valence-electron chi connectivity index (χ2n) is 9.34. The first kappa shape index (κ1) is 26.5. The Bertz CT molecular complexity index is 1190. The maximum atomic E-state index is 13.6. The molecule has 0 bridgehead atoms. The van der Waals surface area contributed by atoms with Gasteiger partial charge in [0.25, 0.3) is 10.0 Å². The predicted molar refractivity (Wildman–Crippen MR) is 143 cm³/mol. The van der Waals surface area contributed by atoms with Crippen molar-refractivity contribution in [2.24, 2.45) is 5.92 Å². The molecule has 0 aliphatic rings. The highest BCUT2D eigenvalue weighted by atomic mass is 32.2. The highest BCUT2D eigenvalue weighted by Gasteiger charge is 2.27. The van der Waals surface area contributed by atoms with Crippen LogP contribution in [0.3, 0.4) is 0 Å². The van der Waals surface area contributed by atoms with Crippen LogP contribution in [0.5, 0.6) is 0 Å². The number of benzene rings is 3. The normalized spacial score (nSPS) is 12.4. The second-order valence-corrected chi connectivity index (χ2v) is 11.2. The van der Waals surface area contributed by atoms with Gasteiger partial charge in [-0.3, -0.25) is 9.10 Å². The smallest absolute Gasteiger partial charge is 0.264 e. The highest BCUT2D eigenvalue weighted by molar-refractivity contribution is 7.92. The molecule has 0 aromatic heterocycles. The van der Waals surface area contributed by atoms with E-state index in [0.29, 0.717) is 18.2 Å². The second kappa shape index (κ2) is 12.0. The third kappa shape index (κ3) is 7.18. The van der Waals surface area contributed by atoms with E-state index in [4.69, 9.17) is 0 Å². The van der Waals surface area contributed by atoms with Crippen LogP contribution in [0.4, 0.5) is 5.69 Å². The lowest BCUT2D eigenvalue weighted by molar-refractivity contribution is -0.119. The third-order valence-electron chi connectivity index (χ3n) is 6.28. The van der Waals surface area contributed by atoms with E-state index in [1.54, 1.807) is 36.4 Å². The van der Waals surface area contributed by atoms with E-state index in [0.717, 1.165) is 24.0 Å². The van der Waals surface area contributed by atoms with Crippen LogP contribution in [0.1, 0.15) is 49.8 Å². The first-order valence-corrected chi connectivity index (χ1v) is 13.6. The summed E-state index contributed by atoms with van der Waals surface area (Å²) in [5, 5.41) is 2.97. The van der Waals surface area contributed by atoms with Gasteiger partial charge in [0.2, 0.25) is 5.91 Å². The fourth-order valence-corrected chi connectivity index (χ4v) is 5.35. The van der Waals surface area contributed by atoms with Gasteiger partial charge in [0.15, 0.2) is 0 Å². The summed E-state index contributed by atoms with van der Waals surface area (Å²) in [6, 6.07) is 24.3. The first-order chi connectivity index (χ1) is 16.7. The third-order valence-corrected chi connectivity index (χ3v) is 8.06. The molecule has 1 atom stereocenters. The fraction of sp³-hybridized carbons (Fsp3) is 0.345. The van der Waals surface area contributed by atoms with Crippen molar-refractivity contribution in [2.75, 3.05) is 17.4 Å². The molecule has 0 heterocycles. The van der Waals surface area contributed by atoms with Gasteiger partial charge >= 0.3 is 0 Å². The molecular formula is C29H36N2O3S. The molecule has 0 spiro atoms. The van der Waals surface area contributed by atoms with Crippen LogP contribution in [0.15, 0.2) is 83.8 Å². The van der Waals surface area contributed by atoms with Gasteiger partial charge in [0.05, 0.1) is 10.6 Å². The van der Waals surface area contributed by atoms with Crippen LogP contribution >= 0.6 is 0 Å². The minimum atomic E-state index is -3.92. The van der Waals surface area contributed by atoms with Gasteiger partial charge in [-0.25, -0.2) is 8.42 Å². The Labute approximate surface area is 210 Å². The minimum Gasteiger partial charge on any atom is -0.354 e. The predicted octanol–water partition coefficient (Wildman–Crippen LogP) is 5.70. The van der Waals surface area contributed by atoms with E-state index in [1.807, 2.05) is 37.3 Å². The monoisotopic (exact) mass is 492 g/mol. The lowest BCUT2D eigenvalue weighted by Crippen LogP contribution is -2.42. The quantitative estimate of drug-likeness (QED) is 0.373. The number of sulfonamides is 1. The maximum Gasteiger partial charge on any atom is 0.264 e. The summed E-state index contributed by atoms with van der Waals surface area (Å²) in [5.41, 5.74) is 3.78. The molecular weight excluding hydrogens is 456 g/mol. The largest absolute Gasteiger partial charge is 0.354 e. The molecule has 1 N–H and O–H groups in total. The number of amides is 1. The summed E-state index contributed by atoms with van der Waals surface area (Å²) in [6.45, 7) is 8.40. The van der Waals surface area contributed by atoms with Gasteiger partial charge in [0, 0.05) is 6.54 Å². The first-order valence-electron chi connectivity index (χ1n) is 12.2. The minimum absolute atomic E-state index is 0.166. The molecule has 3 aromatic carbocycles. The zero-order chi connectivity index (χ0) is 25.4. The molecule has 5 nitrogen and oxygen atoms in total. The van der Waals surface area contributed by atoms with Crippen LogP contribution in [-0.2, 0) is 21.2 Å². The van der Waals surface area contributed by atoms with E-state index in [-0.39, 0.29) is 23.3 Å². The van der Waals surface area contributed by atoms with Crippen molar-refractivity contribution in [1.82, 2.24) is 5.32 Å². The molecule has 1 unspecified atom stereocenters. The van der Waals surface area contributed by atoms with Gasteiger partial charge in [-0.1, -0.05) is 87.4 Å². The number of carbonyl (C=O) groups is 1. The van der Waals surface area contributed by atoms with E-state index < -0.39 is 10.0 Å². The summed E-state index contributed by atoms with van der Waals surface area (Å²) in [4.78, 5) is 13.2. The van der Waals surface area contributed by atoms with Crippen molar-refractivity contribution in [2.45, 2.75) is 51.3 Å². The lowest BCUT2D eigenvalue weighted by Gasteiger charge is -2.25. The van der Waals surface area contributed by atoms with Crippen molar-refractivity contribution < 1.29 is 13.2 Å². The van der Waals surface area contributed by atoms with E-state index in [9.17, 15) is 13.2 Å². The molecule has 3 aromatic rings. The Morgan fingerprint density at radius 2 is 1.54 bits per heavy atom. The molecule has 3 rings (SSSR count). The number of hydrogen-bond acceptors (Lipinski definition) is 3. The van der Waals surface area contributed by atoms with Crippen molar-refractivity contribution >= 4 is 21.6 Å². The number of hydrogen-bond donors (Lipinski definition) is 1. The topological polar surface area (TPSA) is 66.5 Å². The van der Waals surface area contributed by atoms with Crippen molar-refractivity contribution in [3.63, 3.8) is 0 Å². The van der Waals surface area contributed by atoms with Crippen LogP contribution < -0.4 is 9.62 Å². The molecule has 1 amide bonds. The summed E-state index contributed by atoms with van der Waals surface area (Å²) >= 11 is 0. The molecule has 35 heavy (non-hydrogen) atoms. The molecule has 6 heteroatoms. The number of nitrogens with zero attached hydrogens (tertiary/aromatic N) is 1. The molecule has 0 radical (unpaired) electrons. The molecule has 0 saturated heterocycles. The van der Waals surface area contributed by atoms with Crippen molar-refractivity contribution in [3.8, 4) is 0 Å². The average molecular weight is 493 g/mol. The Morgan fingerprint density at radius 1 is 0.914 bits per heavy atom. The fourth-order valence-electron chi connectivity index (χ4n) is 3.93. The van der Waals surface area contributed by atoms with Gasteiger partial charge < -0.3 is 5.32 Å². The SMILES string of the molecule is CCC(CNC(=O)CN(c1ccc(C(C)C)cc1)S(=O)(=O)c1ccc(C)cc1)Cc1ccccc1. The Hall–Kier alpha value is -3.12. The van der Waals surface area contributed by atoms with Gasteiger partial charge in [-0.05, 0) is 60.6 Å². The number of carbonyl (C=O) groups excluding carboxylic acids is 1. The number of anilines is 1. The Kier molecular flexibility index (Phi) is 9.10. The Balaban J connectivity index is 1.79. The average Bonchev–Trinajstić information content (AvgIpc) is 2.86. The maximum absolute atomic E-state index is 13.6. The number of aryl methyl sites for hydroxylation is 1. The molecule has 186 valence electrons. The molecule has 0 saturated carbocycles.